The summed E-state index contributed by atoms with van der Waals surface area (Å²) in [6.07, 6.45) is -1.94. The predicted octanol–water partition coefficient (Wildman–Crippen LogP) is 2.19. The molecule has 0 aromatic heterocycles. The van der Waals surface area contributed by atoms with Gasteiger partial charge in [0.05, 0.1) is 5.57 Å². The van der Waals surface area contributed by atoms with Gasteiger partial charge in [0.1, 0.15) is 0 Å². The van der Waals surface area contributed by atoms with Crippen molar-refractivity contribution in [2.45, 2.75) is 37.9 Å². The van der Waals surface area contributed by atoms with E-state index < -0.39 is 29.5 Å². The molecule has 5 heteroatoms. The van der Waals surface area contributed by atoms with E-state index in [4.69, 9.17) is 5.73 Å². The van der Waals surface area contributed by atoms with E-state index in [9.17, 15) is 18.0 Å². The number of allylic oxidation sites excluding steroid dienone is 1. The highest BCUT2D eigenvalue weighted by Crippen LogP contribution is 2.31. The molecule has 0 aliphatic heterocycles. The monoisotopic (exact) mass is 221 g/mol. The van der Waals surface area contributed by atoms with Crippen LogP contribution in [0.1, 0.15) is 25.7 Å². The van der Waals surface area contributed by atoms with Gasteiger partial charge >= 0.3 is 6.18 Å². The lowest BCUT2D eigenvalue weighted by atomic mass is 9.80. The maximum absolute atomic E-state index is 12.2. The Labute approximate surface area is 86.3 Å². The van der Waals surface area contributed by atoms with E-state index in [1.54, 1.807) is 0 Å². The van der Waals surface area contributed by atoms with Crippen molar-refractivity contribution in [3.05, 3.63) is 12.2 Å². The minimum Gasteiger partial charge on any atom is -0.327 e. The minimum atomic E-state index is -4.63. The molecule has 2 N–H and O–H groups in total. The van der Waals surface area contributed by atoms with Gasteiger partial charge in [0.15, 0.2) is 5.78 Å². The third-order valence-corrected chi connectivity index (χ3v) is 2.80. The highest BCUT2D eigenvalue weighted by atomic mass is 19.4. The average Bonchev–Trinajstić information content (AvgIpc) is 2.15. The van der Waals surface area contributed by atoms with Crippen molar-refractivity contribution in [3.8, 4) is 0 Å². The van der Waals surface area contributed by atoms with Gasteiger partial charge in [0, 0.05) is 12.0 Å². The van der Waals surface area contributed by atoms with Crippen molar-refractivity contribution in [2.75, 3.05) is 0 Å². The molecule has 86 valence electrons. The average molecular weight is 221 g/mol. The summed E-state index contributed by atoms with van der Waals surface area (Å²) in [6, 6.07) is -0.453. The molecule has 1 rings (SSSR count). The summed E-state index contributed by atoms with van der Waals surface area (Å²) in [7, 11) is 0. The summed E-state index contributed by atoms with van der Waals surface area (Å²) in [5, 5.41) is 0. The van der Waals surface area contributed by atoms with E-state index in [-0.39, 0.29) is 0 Å². The largest absolute Gasteiger partial charge is 0.419 e. The highest BCUT2D eigenvalue weighted by Gasteiger charge is 2.41. The first-order chi connectivity index (χ1) is 6.84. The Morgan fingerprint density at radius 1 is 1.27 bits per heavy atom. The van der Waals surface area contributed by atoms with Gasteiger partial charge in [-0.15, -0.1) is 0 Å². The standard InChI is InChI=1S/C10H14F3NO/c1-6(10(11,12)13)9(15)7-4-2-3-5-8(7)14/h7-8H,1-5,14H2. The summed E-state index contributed by atoms with van der Waals surface area (Å²) >= 11 is 0. The van der Waals surface area contributed by atoms with Gasteiger partial charge in [-0.2, -0.15) is 13.2 Å². The predicted molar refractivity (Wildman–Crippen MR) is 50.1 cm³/mol. The van der Waals surface area contributed by atoms with E-state index in [2.05, 4.69) is 6.58 Å². The van der Waals surface area contributed by atoms with Crippen LogP contribution in [0.25, 0.3) is 0 Å². The molecular weight excluding hydrogens is 207 g/mol. The lowest BCUT2D eigenvalue weighted by Gasteiger charge is -2.28. The molecular formula is C10H14F3NO. The highest BCUT2D eigenvalue weighted by molar-refractivity contribution is 5.98. The third-order valence-electron chi connectivity index (χ3n) is 2.80. The smallest absolute Gasteiger partial charge is 0.327 e. The Morgan fingerprint density at radius 3 is 2.27 bits per heavy atom. The molecule has 0 heterocycles. The maximum Gasteiger partial charge on any atom is 0.419 e. The van der Waals surface area contributed by atoms with Gasteiger partial charge in [-0.05, 0) is 12.8 Å². The molecule has 15 heavy (non-hydrogen) atoms. The van der Waals surface area contributed by atoms with Crippen molar-refractivity contribution in [1.82, 2.24) is 0 Å². The fraction of sp³-hybridized carbons (Fsp3) is 0.700. The molecule has 2 unspecified atom stereocenters. The maximum atomic E-state index is 12.2. The number of Topliss-reactive ketones (excluding diaryl/α,β-unsaturated/α-hetero) is 1. The number of ketones is 1. The molecule has 1 fully saturated rings. The topological polar surface area (TPSA) is 43.1 Å². The number of hydrogen-bond donors (Lipinski definition) is 1. The first-order valence-corrected chi connectivity index (χ1v) is 4.90. The van der Waals surface area contributed by atoms with Crippen LogP contribution in [0.15, 0.2) is 12.2 Å². The Bertz CT molecular complexity index is 272. The number of halogens is 3. The van der Waals surface area contributed by atoms with Crippen LogP contribution in [0.4, 0.5) is 13.2 Å². The first-order valence-electron chi connectivity index (χ1n) is 4.90. The summed E-state index contributed by atoms with van der Waals surface area (Å²) < 4.78 is 36.7. The summed E-state index contributed by atoms with van der Waals surface area (Å²) in [5.74, 6) is -1.64. The third kappa shape index (κ3) is 2.81. The van der Waals surface area contributed by atoms with Crippen LogP contribution in [0.2, 0.25) is 0 Å². The van der Waals surface area contributed by atoms with Gasteiger partial charge in [-0.3, -0.25) is 4.79 Å². The molecule has 0 spiro atoms. The second-order valence-corrected chi connectivity index (χ2v) is 3.90. The van der Waals surface area contributed by atoms with E-state index in [0.29, 0.717) is 12.8 Å². The van der Waals surface area contributed by atoms with E-state index in [1.807, 2.05) is 0 Å². The van der Waals surface area contributed by atoms with Crippen LogP contribution in [-0.2, 0) is 4.79 Å². The number of alkyl halides is 3. The zero-order valence-corrected chi connectivity index (χ0v) is 8.31. The van der Waals surface area contributed by atoms with Crippen LogP contribution in [0.3, 0.4) is 0 Å². The molecule has 0 bridgehead atoms. The van der Waals surface area contributed by atoms with Crippen molar-refractivity contribution >= 4 is 5.78 Å². The Balaban J connectivity index is 2.71. The lowest BCUT2D eigenvalue weighted by Crippen LogP contribution is -2.40. The van der Waals surface area contributed by atoms with Crippen LogP contribution in [0.5, 0.6) is 0 Å². The Hall–Kier alpha value is -0.840. The molecule has 0 aromatic rings. The van der Waals surface area contributed by atoms with Crippen LogP contribution < -0.4 is 5.73 Å². The Morgan fingerprint density at radius 2 is 1.80 bits per heavy atom. The normalized spacial score (nSPS) is 27.5. The van der Waals surface area contributed by atoms with Crippen LogP contribution >= 0.6 is 0 Å². The summed E-state index contributed by atoms with van der Waals surface area (Å²) in [6.45, 7) is 2.81. The number of carbonyl (C=O) groups is 1. The fourth-order valence-electron chi connectivity index (χ4n) is 1.85. The van der Waals surface area contributed by atoms with E-state index in [0.717, 1.165) is 12.8 Å². The molecule has 1 saturated carbocycles. The second kappa shape index (κ2) is 4.35. The van der Waals surface area contributed by atoms with Crippen LogP contribution in [-0.4, -0.2) is 18.0 Å². The van der Waals surface area contributed by atoms with Crippen LogP contribution in [0, 0.1) is 5.92 Å². The summed E-state index contributed by atoms with van der Waals surface area (Å²) in [5.41, 5.74) is 4.36. The van der Waals surface area contributed by atoms with Gasteiger partial charge in [-0.25, -0.2) is 0 Å². The fourth-order valence-corrected chi connectivity index (χ4v) is 1.85. The molecule has 1 aliphatic rings. The van der Waals surface area contributed by atoms with Crippen molar-refractivity contribution < 1.29 is 18.0 Å². The Kier molecular flexibility index (Phi) is 3.54. The second-order valence-electron chi connectivity index (χ2n) is 3.90. The summed E-state index contributed by atoms with van der Waals surface area (Å²) in [4.78, 5) is 11.5. The zero-order chi connectivity index (χ0) is 11.6. The molecule has 0 amide bonds. The molecule has 0 aromatic carbocycles. The van der Waals surface area contributed by atoms with Gasteiger partial charge in [-0.1, -0.05) is 19.4 Å². The molecule has 0 saturated heterocycles. The first kappa shape index (κ1) is 12.2. The number of rotatable bonds is 2. The van der Waals surface area contributed by atoms with Gasteiger partial charge in [0.2, 0.25) is 0 Å². The SMILES string of the molecule is C=C(C(=O)C1CCCCC1N)C(F)(F)F. The van der Waals surface area contributed by atoms with Crippen molar-refractivity contribution in [2.24, 2.45) is 11.7 Å². The number of carbonyl (C=O) groups excluding carboxylic acids is 1. The molecule has 1 aliphatic carbocycles. The van der Waals surface area contributed by atoms with Crippen molar-refractivity contribution in [3.63, 3.8) is 0 Å². The van der Waals surface area contributed by atoms with Crippen molar-refractivity contribution in [1.29, 1.82) is 0 Å². The number of hydrogen-bond acceptors (Lipinski definition) is 2. The minimum absolute atomic E-state index is 0.440. The van der Waals surface area contributed by atoms with E-state index in [1.165, 1.54) is 0 Å². The quantitative estimate of drug-likeness (QED) is 0.726. The van der Waals surface area contributed by atoms with Gasteiger partial charge in [0.25, 0.3) is 0 Å². The van der Waals surface area contributed by atoms with E-state index >= 15 is 0 Å². The number of nitrogens with two attached hydrogens (primary N) is 1. The lowest BCUT2D eigenvalue weighted by molar-refractivity contribution is -0.133. The zero-order valence-electron chi connectivity index (χ0n) is 8.31. The van der Waals surface area contributed by atoms with Gasteiger partial charge < -0.3 is 5.73 Å². The molecule has 2 atom stereocenters. The molecule has 2 nitrogen and oxygen atoms in total. The molecule has 0 radical (unpaired) electrons.